The van der Waals surface area contributed by atoms with Gasteiger partial charge in [-0.3, -0.25) is 9.48 Å². The second-order valence-electron chi connectivity index (χ2n) is 3.46. The highest BCUT2D eigenvalue weighted by atomic mass is 16.5. The third-order valence-electron chi connectivity index (χ3n) is 1.75. The summed E-state index contributed by atoms with van der Waals surface area (Å²) in [5.41, 5.74) is 5.40. The summed E-state index contributed by atoms with van der Waals surface area (Å²) in [6.45, 7) is 1.21. The Kier molecular flexibility index (Phi) is 4.11. The Balaban J connectivity index is 2.24. The van der Waals surface area contributed by atoms with Crippen LogP contribution < -0.4 is 5.73 Å². The highest BCUT2D eigenvalue weighted by molar-refractivity contribution is 5.69. The highest BCUT2D eigenvalue weighted by Crippen LogP contribution is 1.96. The van der Waals surface area contributed by atoms with Crippen molar-refractivity contribution < 1.29 is 9.53 Å². The van der Waals surface area contributed by atoms with Gasteiger partial charge < -0.3 is 15.4 Å². The van der Waals surface area contributed by atoms with Crippen LogP contribution in [0.25, 0.3) is 0 Å². The topological polar surface area (TPSA) is 73.4 Å². The van der Waals surface area contributed by atoms with E-state index in [9.17, 15) is 4.79 Å². The average Bonchev–Trinajstić information content (AvgIpc) is 2.50. The molecule has 0 spiro atoms. The Bertz CT molecular complexity index is 322. The molecule has 6 nitrogen and oxygen atoms in total. The van der Waals surface area contributed by atoms with Gasteiger partial charge in [0.05, 0.1) is 0 Å². The summed E-state index contributed by atoms with van der Waals surface area (Å²) in [5.74, 6) is 0.0936. The number of hydrogen-bond acceptors (Lipinski definition) is 5. The lowest BCUT2D eigenvalue weighted by Gasteiger charge is -2.09. The lowest BCUT2D eigenvalue weighted by Crippen LogP contribution is -2.22. The van der Waals surface area contributed by atoms with Crippen LogP contribution in [0.15, 0.2) is 12.3 Å². The SMILES string of the molecule is CN(C)CCOC(=O)Cn1ccc(N)n1. The monoisotopic (exact) mass is 212 g/mol. The minimum Gasteiger partial charge on any atom is -0.463 e. The number of aromatic nitrogens is 2. The molecule has 15 heavy (non-hydrogen) atoms. The van der Waals surface area contributed by atoms with Crippen molar-refractivity contribution in [3.8, 4) is 0 Å². The highest BCUT2D eigenvalue weighted by Gasteiger charge is 2.05. The number of nitrogens with zero attached hydrogens (tertiary/aromatic N) is 3. The number of esters is 1. The van der Waals surface area contributed by atoms with E-state index in [-0.39, 0.29) is 12.5 Å². The van der Waals surface area contributed by atoms with Crippen LogP contribution in [-0.4, -0.2) is 47.9 Å². The van der Waals surface area contributed by atoms with Crippen molar-refractivity contribution in [2.75, 3.05) is 33.0 Å². The van der Waals surface area contributed by atoms with Crippen LogP contribution in [0.4, 0.5) is 5.82 Å². The van der Waals surface area contributed by atoms with Gasteiger partial charge in [-0.15, -0.1) is 0 Å². The van der Waals surface area contributed by atoms with Crippen LogP contribution in [0.3, 0.4) is 0 Å². The van der Waals surface area contributed by atoms with Crippen molar-refractivity contribution >= 4 is 11.8 Å². The van der Waals surface area contributed by atoms with E-state index < -0.39 is 0 Å². The summed E-state index contributed by atoms with van der Waals surface area (Å²) in [4.78, 5) is 13.2. The van der Waals surface area contributed by atoms with Crippen LogP contribution in [0.2, 0.25) is 0 Å². The maximum absolute atomic E-state index is 11.3. The number of likely N-dealkylation sites (N-methyl/N-ethyl adjacent to an activating group) is 1. The van der Waals surface area contributed by atoms with Gasteiger partial charge in [0.1, 0.15) is 19.0 Å². The molecule has 0 atom stereocenters. The summed E-state index contributed by atoms with van der Waals surface area (Å²) in [7, 11) is 3.84. The zero-order valence-electron chi connectivity index (χ0n) is 9.01. The third kappa shape index (κ3) is 4.46. The van der Waals surface area contributed by atoms with Gasteiger partial charge in [-0.25, -0.2) is 0 Å². The Morgan fingerprint density at radius 3 is 2.93 bits per heavy atom. The Hall–Kier alpha value is -1.56. The first kappa shape index (κ1) is 11.5. The summed E-state index contributed by atoms with van der Waals surface area (Å²) < 4.78 is 6.44. The fourth-order valence-corrected chi connectivity index (χ4v) is 0.985. The van der Waals surface area contributed by atoms with Gasteiger partial charge in [0, 0.05) is 12.7 Å². The molecule has 1 aromatic rings. The van der Waals surface area contributed by atoms with Crippen LogP contribution in [0, 0.1) is 0 Å². The summed E-state index contributed by atoms with van der Waals surface area (Å²) in [6, 6.07) is 1.63. The molecule has 0 bridgehead atoms. The molecule has 0 amide bonds. The minimum absolute atomic E-state index is 0.102. The van der Waals surface area contributed by atoms with Gasteiger partial charge in [-0.05, 0) is 20.2 Å². The van der Waals surface area contributed by atoms with Gasteiger partial charge >= 0.3 is 5.97 Å². The van der Waals surface area contributed by atoms with E-state index in [0.29, 0.717) is 19.0 Å². The molecule has 6 heteroatoms. The van der Waals surface area contributed by atoms with Crippen molar-refractivity contribution in [3.63, 3.8) is 0 Å². The third-order valence-corrected chi connectivity index (χ3v) is 1.75. The standard InChI is InChI=1S/C9H16N4O2/c1-12(2)5-6-15-9(14)7-13-4-3-8(10)11-13/h3-4H,5-7H2,1-2H3,(H2,10,11). The maximum atomic E-state index is 11.3. The molecule has 2 N–H and O–H groups in total. The van der Waals surface area contributed by atoms with Crippen LogP contribution >= 0.6 is 0 Å². The summed E-state index contributed by atoms with van der Waals surface area (Å²) in [6.07, 6.45) is 1.64. The van der Waals surface area contributed by atoms with Gasteiger partial charge in [-0.2, -0.15) is 5.10 Å². The van der Waals surface area contributed by atoms with Crippen molar-refractivity contribution in [1.29, 1.82) is 0 Å². The molecule has 1 heterocycles. The predicted octanol–water partition coefficient (Wildman–Crippen LogP) is -0.430. The van der Waals surface area contributed by atoms with Crippen molar-refractivity contribution in [3.05, 3.63) is 12.3 Å². The van der Waals surface area contributed by atoms with E-state index >= 15 is 0 Å². The smallest absolute Gasteiger partial charge is 0.327 e. The molecule has 0 aliphatic heterocycles. The number of anilines is 1. The van der Waals surface area contributed by atoms with Crippen LogP contribution in [0.5, 0.6) is 0 Å². The molecule has 0 unspecified atom stereocenters. The lowest BCUT2D eigenvalue weighted by atomic mass is 10.6. The van der Waals surface area contributed by atoms with Crippen LogP contribution in [-0.2, 0) is 16.1 Å². The van der Waals surface area contributed by atoms with Crippen molar-refractivity contribution in [2.24, 2.45) is 0 Å². The predicted molar refractivity (Wildman–Crippen MR) is 56.2 cm³/mol. The molecule has 0 saturated heterocycles. The summed E-state index contributed by atoms with van der Waals surface area (Å²) >= 11 is 0. The largest absolute Gasteiger partial charge is 0.463 e. The average molecular weight is 212 g/mol. The number of hydrogen-bond donors (Lipinski definition) is 1. The number of carbonyl (C=O) groups is 1. The van der Waals surface area contributed by atoms with E-state index in [0.717, 1.165) is 0 Å². The second kappa shape index (κ2) is 5.35. The molecule has 0 aliphatic carbocycles. The number of nitrogens with two attached hydrogens (primary N) is 1. The molecule has 0 aromatic carbocycles. The molecule has 1 rings (SSSR count). The Morgan fingerprint density at radius 2 is 2.40 bits per heavy atom. The quantitative estimate of drug-likeness (QED) is 0.670. The molecule has 0 fully saturated rings. The molecule has 0 saturated carbocycles. The number of nitrogen functional groups attached to an aromatic ring is 1. The Labute approximate surface area is 88.6 Å². The minimum atomic E-state index is -0.306. The van der Waals surface area contributed by atoms with Gasteiger partial charge in [0.25, 0.3) is 0 Å². The first-order chi connectivity index (χ1) is 7.08. The van der Waals surface area contributed by atoms with E-state index in [2.05, 4.69) is 5.10 Å². The molecule has 0 aliphatic rings. The number of ether oxygens (including phenoxy) is 1. The van der Waals surface area contributed by atoms with Gasteiger partial charge in [0.2, 0.25) is 0 Å². The first-order valence-electron chi connectivity index (χ1n) is 4.67. The molecular formula is C9H16N4O2. The summed E-state index contributed by atoms with van der Waals surface area (Å²) in [5, 5.41) is 3.88. The van der Waals surface area contributed by atoms with Crippen molar-refractivity contribution in [1.82, 2.24) is 14.7 Å². The van der Waals surface area contributed by atoms with Gasteiger partial charge in [-0.1, -0.05) is 0 Å². The Morgan fingerprint density at radius 1 is 1.67 bits per heavy atom. The second-order valence-corrected chi connectivity index (χ2v) is 3.46. The van der Waals surface area contributed by atoms with Gasteiger partial charge in [0.15, 0.2) is 0 Å². The lowest BCUT2D eigenvalue weighted by molar-refractivity contribution is -0.144. The maximum Gasteiger partial charge on any atom is 0.327 e. The zero-order chi connectivity index (χ0) is 11.3. The number of carbonyl (C=O) groups excluding carboxylic acids is 1. The first-order valence-corrected chi connectivity index (χ1v) is 4.67. The molecule has 1 aromatic heterocycles. The van der Waals surface area contributed by atoms with E-state index in [1.54, 1.807) is 12.3 Å². The van der Waals surface area contributed by atoms with Crippen LogP contribution in [0.1, 0.15) is 0 Å². The zero-order valence-corrected chi connectivity index (χ0v) is 9.01. The van der Waals surface area contributed by atoms with E-state index in [4.69, 9.17) is 10.5 Å². The fourth-order valence-electron chi connectivity index (χ4n) is 0.985. The van der Waals surface area contributed by atoms with E-state index in [1.165, 1.54) is 4.68 Å². The van der Waals surface area contributed by atoms with E-state index in [1.807, 2.05) is 19.0 Å². The van der Waals surface area contributed by atoms with Crippen molar-refractivity contribution in [2.45, 2.75) is 6.54 Å². The normalized spacial score (nSPS) is 10.6. The number of rotatable bonds is 5. The molecule has 0 radical (unpaired) electrons. The molecule has 84 valence electrons. The fraction of sp³-hybridized carbons (Fsp3) is 0.556. The molecular weight excluding hydrogens is 196 g/mol.